The van der Waals surface area contributed by atoms with Crippen LogP contribution in [0.25, 0.3) is 0 Å². The van der Waals surface area contributed by atoms with Gasteiger partial charge < -0.3 is 0 Å². The number of carbonyl (C=O) groups is 1. The van der Waals surface area contributed by atoms with Crippen LogP contribution in [0.2, 0.25) is 0 Å². The smallest absolute Gasteiger partial charge is 0.166 e. The lowest BCUT2D eigenvalue weighted by Crippen LogP contribution is -2.08. The molecule has 0 aliphatic rings. The molecule has 0 amide bonds. The predicted molar refractivity (Wildman–Crippen MR) is 62.5 cm³/mol. The van der Waals surface area contributed by atoms with Crippen molar-refractivity contribution in [2.75, 3.05) is 0 Å². The summed E-state index contributed by atoms with van der Waals surface area (Å²) in [7, 11) is 0. The van der Waals surface area contributed by atoms with E-state index in [0.29, 0.717) is 0 Å². The minimum atomic E-state index is -0.679. The molecular weight excluding hydrogens is 278 g/mol. The van der Waals surface area contributed by atoms with Crippen molar-refractivity contribution in [1.82, 2.24) is 0 Å². The van der Waals surface area contributed by atoms with Crippen LogP contribution >= 0.6 is 15.9 Å². The lowest BCUT2D eigenvalue weighted by Gasteiger charge is -2.08. The van der Waals surface area contributed by atoms with Crippen molar-refractivity contribution in [3.63, 3.8) is 0 Å². The lowest BCUT2D eigenvalue weighted by molar-refractivity contribution is 0.0959. The Hall–Kier alpha value is -0.770. The zero-order chi connectivity index (χ0) is 12.3. The van der Waals surface area contributed by atoms with Crippen LogP contribution in [0.5, 0.6) is 0 Å². The van der Waals surface area contributed by atoms with E-state index in [1.807, 2.05) is 13.8 Å². The van der Waals surface area contributed by atoms with Crippen molar-refractivity contribution < 1.29 is 13.6 Å². The summed E-state index contributed by atoms with van der Waals surface area (Å²) in [5.41, 5.74) is -0.166. The molecule has 1 atom stereocenters. The van der Waals surface area contributed by atoms with E-state index in [1.54, 1.807) is 0 Å². The molecule has 0 N–H and O–H groups in total. The van der Waals surface area contributed by atoms with Gasteiger partial charge in [0.2, 0.25) is 0 Å². The normalized spacial score (nSPS) is 12.6. The number of carbonyl (C=O) groups excluding carboxylic acids is 1. The van der Waals surface area contributed by atoms with E-state index < -0.39 is 11.6 Å². The number of Topliss-reactive ketones (excluding diaryl/α,β-unsaturated/α-hetero) is 1. The quantitative estimate of drug-likeness (QED) is 0.595. The highest BCUT2D eigenvalue weighted by atomic mass is 79.9. The molecule has 1 nitrogen and oxygen atoms in total. The second-order valence-corrected chi connectivity index (χ2v) is 4.74. The molecule has 1 aromatic carbocycles. The molecule has 0 bridgehead atoms. The van der Waals surface area contributed by atoms with Gasteiger partial charge >= 0.3 is 0 Å². The second-order valence-electron chi connectivity index (χ2n) is 3.89. The van der Waals surface area contributed by atoms with E-state index in [-0.39, 0.29) is 28.2 Å². The van der Waals surface area contributed by atoms with Crippen LogP contribution in [0.15, 0.2) is 16.6 Å². The summed E-state index contributed by atoms with van der Waals surface area (Å²) in [5.74, 6) is -1.47. The van der Waals surface area contributed by atoms with Gasteiger partial charge in [0, 0.05) is 6.42 Å². The third-order valence-corrected chi connectivity index (χ3v) is 3.15. The van der Waals surface area contributed by atoms with Crippen molar-refractivity contribution in [3.8, 4) is 0 Å². The van der Waals surface area contributed by atoms with Crippen LogP contribution in [0.1, 0.15) is 37.0 Å². The summed E-state index contributed by atoms with van der Waals surface area (Å²) >= 11 is 2.87. The fraction of sp³-hybridized carbons (Fsp3) is 0.417. The van der Waals surface area contributed by atoms with Gasteiger partial charge in [0.1, 0.15) is 11.6 Å². The van der Waals surface area contributed by atoms with Crippen LogP contribution < -0.4 is 0 Å². The van der Waals surface area contributed by atoms with Crippen LogP contribution in [-0.2, 0) is 0 Å². The first-order valence-corrected chi connectivity index (χ1v) is 5.92. The highest BCUT2D eigenvalue weighted by molar-refractivity contribution is 9.10. The number of hydrogen-bond acceptors (Lipinski definition) is 1. The molecule has 0 heterocycles. The summed E-state index contributed by atoms with van der Waals surface area (Å²) in [6, 6.07) is 1.93. The summed E-state index contributed by atoms with van der Waals surface area (Å²) in [6.45, 7) is 3.86. The van der Waals surface area contributed by atoms with Gasteiger partial charge in [-0.1, -0.05) is 20.3 Å². The van der Waals surface area contributed by atoms with E-state index in [4.69, 9.17) is 0 Å². The van der Waals surface area contributed by atoms with Crippen LogP contribution in [0.4, 0.5) is 8.78 Å². The highest BCUT2D eigenvalue weighted by Gasteiger charge is 2.16. The van der Waals surface area contributed by atoms with Crippen molar-refractivity contribution in [2.24, 2.45) is 5.92 Å². The highest BCUT2D eigenvalue weighted by Crippen LogP contribution is 2.22. The molecule has 88 valence electrons. The third kappa shape index (κ3) is 3.11. The zero-order valence-corrected chi connectivity index (χ0v) is 10.8. The van der Waals surface area contributed by atoms with Gasteiger partial charge in [-0.2, -0.15) is 0 Å². The summed E-state index contributed by atoms with van der Waals surface area (Å²) in [5, 5.41) is 0. The number of hydrogen-bond donors (Lipinski definition) is 0. The Labute approximate surface area is 102 Å². The minimum Gasteiger partial charge on any atom is -0.294 e. The van der Waals surface area contributed by atoms with E-state index in [2.05, 4.69) is 15.9 Å². The molecule has 0 radical (unpaired) electrons. The van der Waals surface area contributed by atoms with E-state index in [0.717, 1.165) is 18.6 Å². The molecule has 1 unspecified atom stereocenters. The Morgan fingerprint density at radius 3 is 2.56 bits per heavy atom. The van der Waals surface area contributed by atoms with E-state index in [1.165, 1.54) is 0 Å². The molecule has 0 saturated carbocycles. The first kappa shape index (κ1) is 13.3. The average molecular weight is 291 g/mol. The maximum Gasteiger partial charge on any atom is 0.166 e. The first-order valence-electron chi connectivity index (χ1n) is 5.13. The Balaban J connectivity index is 2.96. The molecule has 16 heavy (non-hydrogen) atoms. The summed E-state index contributed by atoms with van der Waals surface area (Å²) < 4.78 is 26.6. The Kier molecular flexibility index (Phi) is 4.59. The molecule has 0 spiro atoms. The number of halogens is 3. The maximum atomic E-state index is 13.4. The topological polar surface area (TPSA) is 17.1 Å². The fourth-order valence-electron chi connectivity index (χ4n) is 1.31. The molecule has 1 rings (SSSR count). The maximum absolute atomic E-state index is 13.4. The van der Waals surface area contributed by atoms with Gasteiger partial charge in [-0.3, -0.25) is 4.79 Å². The average Bonchev–Trinajstić information content (AvgIpc) is 2.23. The number of rotatable bonds is 4. The minimum absolute atomic E-state index is 0.0325. The van der Waals surface area contributed by atoms with Crippen LogP contribution in [0.3, 0.4) is 0 Å². The van der Waals surface area contributed by atoms with Crippen molar-refractivity contribution in [2.45, 2.75) is 26.7 Å². The van der Waals surface area contributed by atoms with Crippen LogP contribution in [-0.4, -0.2) is 5.78 Å². The zero-order valence-electron chi connectivity index (χ0n) is 9.19. The predicted octanol–water partition coefficient (Wildman–Crippen LogP) is 4.35. The van der Waals surface area contributed by atoms with E-state index >= 15 is 0 Å². The standard InChI is InChI=1S/C12H13BrF2O/c1-3-7(2)4-12(16)8-5-11(15)9(13)6-10(8)14/h5-7H,3-4H2,1-2H3. The van der Waals surface area contributed by atoms with Gasteiger partial charge in [0.25, 0.3) is 0 Å². The van der Waals surface area contributed by atoms with Crippen LogP contribution in [0, 0.1) is 17.6 Å². The molecule has 4 heteroatoms. The SMILES string of the molecule is CCC(C)CC(=O)c1cc(F)c(Br)cc1F. The molecule has 1 aromatic rings. The molecule has 0 saturated heterocycles. The molecule has 0 aliphatic carbocycles. The van der Waals surface area contributed by atoms with Crippen molar-refractivity contribution in [3.05, 3.63) is 33.8 Å². The Bertz CT molecular complexity index is 404. The van der Waals surface area contributed by atoms with Crippen molar-refractivity contribution >= 4 is 21.7 Å². The lowest BCUT2D eigenvalue weighted by atomic mass is 9.97. The molecule has 0 aromatic heterocycles. The first-order chi connectivity index (χ1) is 7.45. The third-order valence-electron chi connectivity index (χ3n) is 2.54. The Morgan fingerprint density at radius 1 is 1.38 bits per heavy atom. The van der Waals surface area contributed by atoms with Crippen molar-refractivity contribution in [1.29, 1.82) is 0 Å². The van der Waals surface area contributed by atoms with Gasteiger partial charge in [0.15, 0.2) is 5.78 Å². The largest absolute Gasteiger partial charge is 0.294 e. The molecule has 0 aliphatic heterocycles. The molecular formula is C12H13BrF2O. The van der Waals surface area contributed by atoms with Gasteiger partial charge in [-0.15, -0.1) is 0 Å². The van der Waals surface area contributed by atoms with E-state index in [9.17, 15) is 13.6 Å². The fourth-order valence-corrected chi connectivity index (χ4v) is 1.62. The number of ketones is 1. The summed E-state index contributed by atoms with van der Waals surface area (Å²) in [6.07, 6.45) is 1.08. The van der Waals surface area contributed by atoms with Gasteiger partial charge in [-0.25, -0.2) is 8.78 Å². The van der Waals surface area contributed by atoms with Gasteiger partial charge in [-0.05, 0) is 34.0 Å². The van der Waals surface area contributed by atoms with Gasteiger partial charge in [0.05, 0.1) is 10.0 Å². The summed E-state index contributed by atoms with van der Waals surface area (Å²) in [4.78, 5) is 11.7. The Morgan fingerprint density at radius 2 is 2.00 bits per heavy atom. The molecule has 0 fully saturated rings. The monoisotopic (exact) mass is 290 g/mol. The number of benzene rings is 1. The second kappa shape index (κ2) is 5.53.